The first-order valence-electron chi connectivity index (χ1n) is 12.7. The highest BCUT2D eigenvalue weighted by Gasteiger charge is 2.57. The summed E-state index contributed by atoms with van der Waals surface area (Å²) in [7, 11) is 6.53. The number of nitrogens with one attached hydrogen (secondary N) is 1. The molecule has 2 aromatic carbocycles. The number of carbonyl (C=O) groups is 1. The third-order valence-corrected chi connectivity index (χ3v) is 7.27. The van der Waals surface area contributed by atoms with Crippen molar-refractivity contribution in [2.45, 2.75) is 37.5 Å². The third-order valence-electron chi connectivity index (χ3n) is 7.27. The maximum atomic E-state index is 12.9. The summed E-state index contributed by atoms with van der Waals surface area (Å²) >= 11 is 0. The molecule has 1 atom stereocenters. The van der Waals surface area contributed by atoms with Crippen LogP contribution in [-0.4, -0.2) is 45.9 Å². The second-order valence-electron chi connectivity index (χ2n) is 9.38. The van der Waals surface area contributed by atoms with Gasteiger partial charge >= 0.3 is 0 Å². The lowest BCUT2D eigenvalue weighted by molar-refractivity contribution is -0.121. The van der Waals surface area contributed by atoms with Gasteiger partial charge in [-0.3, -0.25) is 9.78 Å². The monoisotopic (exact) mass is 504 g/mol. The molecule has 7 nitrogen and oxygen atoms in total. The molecule has 1 aliphatic carbocycles. The number of ether oxygens (including phenoxy) is 4. The van der Waals surface area contributed by atoms with Crippen LogP contribution in [0.25, 0.3) is 0 Å². The van der Waals surface area contributed by atoms with Gasteiger partial charge in [-0.25, -0.2) is 0 Å². The number of unbranched alkanes of at least 4 members (excludes halogenated alkanes) is 1. The van der Waals surface area contributed by atoms with E-state index in [9.17, 15) is 4.79 Å². The van der Waals surface area contributed by atoms with Gasteiger partial charge in [0.2, 0.25) is 5.91 Å². The lowest BCUT2D eigenvalue weighted by Gasteiger charge is -2.22. The predicted molar refractivity (Wildman–Crippen MR) is 143 cm³/mol. The van der Waals surface area contributed by atoms with E-state index in [-0.39, 0.29) is 17.2 Å². The molecule has 0 radical (unpaired) electrons. The Morgan fingerprint density at radius 1 is 0.892 bits per heavy atom. The molecule has 1 fully saturated rings. The smallest absolute Gasteiger partial charge is 0.220 e. The highest BCUT2D eigenvalue weighted by molar-refractivity contribution is 5.77. The number of aryl methyl sites for hydroxylation is 1. The van der Waals surface area contributed by atoms with Gasteiger partial charge < -0.3 is 24.3 Å². The molecular weight excluding hydrogens is 468 g/mol. The van der Waals surface area contributed by atoms with Crippen molar-refractivity contribution in [1.82, 2.24) is 10.3 Å². The number of methoxy groups -OCH3 is 4. The normalized spacial score (nSPS) is 15.5. The number of hydrogen-bond donors (Lipinski definition) is 1. The lowest BCUT2D eigenvalue weighted by atomic mass is 9.84. The summed E-state index contributed by atoms with van der Waals surface area (Å²) in [5, 5.41) is 3.12. The van der Waals surface area contributed by atoms with Crippen molar-refractivity contribution in [2.24, 2.45) is 5.92 Å². The second-order valence-corrected chi connectivity index (χ2v) is 9.38. The summed E-state index contributed by atoms with van der Waals surface area (Å²) in [4.78, 5) is 17.1. The number of amides is 1. The molecule has 1 amide bonds. The molecule has 0 unspecified atom stereocenters. The Balaban J connectivity index is 1.47. The van der Waals surface area contributed by atoms with E-state index in [2.05, 4.69) is 28.5 Å². The first kappa shape index (κ1) is 26.3. The molecule has 0 bridgehead atoms. The van der Waals surface area contributed by atoms with E-state index in [1.807, 2.05) is 36.5 Å². The molecule has 1 aromatic heterocycles. The van der Waals surface area contributed by atoms with Crippen LogP contribution in [0.5, 0.6) is 23.0 Å². The van der Waals surface area contributed by atoms with Crippen molar-refractivity contribution < 1.29 is 23.7 Å². The quantitative estimate of drug-likeness (QED) is 0.332. The minimum Gasteiger partial charge on any atom is -0.493 e. The zero-order chi connectivity index (χ0) is 26.3. The van der Waals surface area contributed by atoms with Crippen LogP contribution in [0.1, 0.15) is 42.4 Å². The maximum Gasteiger partial charge on any atom is 0.220 e. The van der Waals surface area contributed by atoms with E-state index in [1.54, 1.807) is 34.6 Å². The van der Waals surface area contributed by atoms with Crippen molar-refractivity contribution in [1.29, 1.82) is 0 Å². The predicted octanol–water partition coefficient (Wildman–Crippen LogP) is 4.95. The summed E-state index contributed by atoms with van der Waals surface area (Å²) in [5.74, 6) is 2.92. The molecule has 1 N–H and O–H groups in total. The van der Waals surface area contributed by atoms with Gasteiger partial charge in [-0.05, 0) is 78.6 Å². The number of benzene rings is 2. The van der Waals surface area contributed by atoms with Gasteiger partial charge in [0, 0.05) is 30.8 Å². The van der Waals surface area contributed by atoms with Gasteiger partial charge in [-0.1, -0.05) is 18.2 Å². The number of nitrogens with zero attached hydrogens (tertiary/aromatic N) is 1. The SMILES string of the molecule is COc1ccc(C2(c3ccc(OC)c(OC)c3)C[C@H]2CC(=O)NCCCCc2cccnc2)cc1OC. The van der Waals surface area contributed by atoms with E-state index >= 15 is 0 Å². The molecular formula is C30H36N2O5. The van der Waals surface area contributed by atoms with Crippen molar-refractivity contribution in [3.8, 4) is 23.0 Å². The van der Waals surface area contributed by atoms with Crippen LogP contribution in [0.15, 0.2) is 60.9 Å². The average molecular weight is 505 g/mol. The standard InChI is InChI=1S/C30H36N2O5/c1-34-25-12-10-22(16-27(25)36-3)30(23-11-13-26(35-2)28(17-23)37-4)19-24(30)18-29(33)32-15-6-5-8-21-9-7-14-31-20-21/h7,9-14,16-17,20,24H,5-6,8,15,18-19H2,1-4H3,(H,32,33)/t24-/m1/s1. The Labute approximate surface area is 219 Å². The van der Waals surface area contributed by atoms with Gasteiger partial charge in [0.05, 0.1) is 28.4 Å². The van der Waals surface area contributed by atoms with Crippen molar-refractivity contribution in [3.05, 3.63) is 77.6 Å². The fourth-order valence-electron chi connectivity index (χ4n) is 5.20. The lowest BCUT2D eigenvalue weighted by Crippen LogP contribution is -2.26. The van der Waals surface area contributed by atoms with Crippen molar-refractivity contribution in [3.63, 3.8) is 0 Å². The number of hydrogen-bond acceptors (Lipinski definition) is 6. The second kappa shape index (κ2) is 12.0. The van der Waals surface area contributed by atoms with Crippen LogP contribution in [0.3, 0.4) is 0 Å². The molecule has 7 heteroatoms. The van der Waals surface area contributed by atoms with Gasteiger partial charge in [-0.15, -0.1) is 0 Å². The van der Waals surface area contributed by atoms with Crippen LogP contribution >= 0.6 is 0 Å². The van der Waals surface area contributed by atoms with Crippen LogP contribution in [0.2, 0.25) is 0 Å². The van der Waals surface area contributed by atoms with E-state index < -0.39 is 0 Å². The van der Waals surface area contributed by atoms with Gasteiger partial charge in [0.15, 0.2) is 23.0 Å². The zero-order valence-corrected chi connectivity index (χ0v) is 22.1. The molecule has 37 heavy (non-hydrogen) atoms. The van der Waals surface area contributed by atoms with E-state index in [4.69, 9.17) is 18.9 Å². The zero-order valence-electron chi connectivity index (χ0n) is 22.1. The van der Waals surface area contributed by atoms with Crippen LogP contribution in [0.4, 0.5) is 0 Å². The average Bonchev–Trinajstić information content (AvgIpc) is 3.66. The Hall–Kier alpha value is -3.74. The molecule has 0 saturated heterocycles. The number of aromatic nitrogens is 1. The number of rotatable bonds is 13. The molecule has 1 aliphatic rings. The van der Waals surface area contributed by atoms with Crippen molar-refractivity contribution >= 4 is 5.91 Å². The molecule has 3 aromatic rings. The third kappa shape index (κ3) is 5.82. The van der Waals surface area contributed by atoms with Gasteiger partial charge in [0.1, 0.15) is 0 Å². The highest BCUT2D eigenvalue weighted by Crippen LogP contribution is 2.61. The Morgan fingerprint density at radius 2 is 1.51 bits per heavy atom. The van der Waals surface area contributed by atoms with E-state index in [0.717, 1.165) is 36.8 Å². The Kier molecular flexibility index (Phi) is 8.54. The summed E-state index contributed by atoms with van der Waals surface area (Å²) < 4.78 is 22.1. The minimum atomic E-state index is -0.323. The summed E-state index contributed by atoms with van der Waals surface area (Å²) in [6.45, 7) is 0.672. The van der Waals surface area contributed by atoms with Crippen molar-refractivity contribution in [2.75, 3.05) is 35.0 Å². The van der Waals surface area contributed by atoms with E-state index in [1.165, 1.54) is 5.56 Å². The molecule has 1 saturated carbocycles. The topological polar surface area (TPSA) is 78.9 Å². The van der Waals surface area contributed by atoms with Gasteiger partial charge in [-0.2, -0.15) is 0 Å². The first-order chi connectivity index (χ1) is 18.0. The maximum absolute atomic E-state index is 12.9. The molecule has 0 aliphatic heterocycles. The molecule has 1 heterocycles. The number of carbonyl (C=O) groups excluding carboxylic acids is 1. The summed E-state index contributed by atoms with van der Waals surface area (Å²) in [6.07, 6.45) is 7.89. The molecule has 196 valence electrons. The first-order valence-corrected chi connectivity index (χ1v) is 12.7. The van der Waals surface area contributed by atoms with E-state index in [0.29, 0.717) is 36.0 Å². The van der Waals surface area contributed by atoms with Crippen LogP contribution in [0, 0.1) is 5.92 Å². The van der Waals surface area contributed by atoms with Gasteiger partial charge in [0.25, 0.3) is 0 Å². The summed E-state index contributed by atoms with van der Waals surface area (Å²) in [5.41, 5.74) is 3.08. The summed E-state index contributed by atoms with van der Waals surface area (Å²) in [6, 6.07) is 16.1. The fraction of sp³-hybridized carbons (Fsp3) is 0.400. The number of pyridine rings is 1. The Bertz CT molecular complexity index is 1140. The Morgan fingerprint density at radius 3 is 2.05 bits per heavy atom. The highest BCUT2D eigenvalue weighted by atomic mass is 16.5. The molecule has 0 spiro atoms. The largest absolute Gasteiger partial charge is 0.493 e. The molecule has 4 rings (SSSR count). The minimum absolute atomic E-state index is 0.0780. The van der Waals surface area contributed by atoms with Crippen LogP contribution < -0.4 is 24.3 Å². The van der Waals surface area contributed by atoms with Crippen LogP contribution in [-0.2, 0) is 16.6 Å². The fourth-order valence-corrected chi connectivity index (χ4v) is 5.20.